The van der Waals surface area contributed by atoms with Gasteiger partial charge in [-0.1, -0.05) is 23.2 Å². The molecule has 4 aliphatic carbocycles. The molecule has 4 aliphatic rings. The van der Waals surface area contributed by atoms with Crippen molar-refractivity contribution in [3.05, 3.63) is 285 Å². The summed E-state index contributed by atoms with van der Waals surface area (Å²) in [6.45, 7) is 0. The molecule has 638 valence electrons. The van der Waals surface area contributed by atoms with E-state index in [1.807, 2.05) is 67.1 Å². The van der Waals surface area contributed by atoms with Gasteiger partial charge in [0, 0.05) is 85.9 Å². The molecule has 0 saturated heterocycles. The summed E-state index contributed by atoms with van der Waals surface area (Å²) >= 11 is 12.0. The largest absolute Gasteiger partial charge is 0.465 e. The Bertz CT molecular complexity index is 6290. The Hall–Kier alpha value is -11.3. The molecule has 8 aromatic carbocycles. The van der Waals surface area contributed by atoms with Crippen LogP contribution >= 0.6 is 23.2 Å². The molecule has 18 nitrogen and oxygen atoms in total. The number of aromatic nitrogens is 12. The van der Waals surface area contributed by atoms with Crippen LogP contribution in [0.4, 0.5) is 26.3 Å². The first kappa shape index (κ1) is 84.9. The third-order valence-corrected chi connectivity index (χ3v) is 26.5. The molecule has 4 atom stereocenters. The van der Waals surface area contributed by atoms with Crippen molar-refractivity contribution in [3.63, 3.8) is 0 Å². The van der Waals surface area contributed by atoms with Crippen molar-refractivity contribution in [2.45, 2.75) is 151 Å². The number of nitrogens with zero attached hydrogens (tertiary/aromatic N) is 8. The van der Waals surface area contributed by atoms with Gasteiger partial charge in [-0.2, -0.15) is 0 Å². The Kier molecular flexibility index (Phi) is 25.8. The topological polar surface area (TPSA) is 230 Å². The Balaban J connectivity index is 0.000000117. The SMILES string of the molecule is COC(=O)c1ccc2nc([C@H](OC)C3CCC(c4ccnc5ccc(F)cc45)CC3)[nH]c2c1.CO[C@@H](c1nc2cc(Cl)c(F)cc2[nH]1)C1CCC(c2ccnc3ccc(F)cc23)CC1.CO[C@@H](c1nc2ccc(Cl)cc2[nH]1)C1CCC(c2ccnc3ccc(F)cc23)CC1.CO[C@@H](c1nc2ccc(F)cc2[nH]1)C1CCC(c2ccnc3ccc(F)cc23)CC1. The first-order chi connectivity index (χ1) is 60.3. The molecule has 20 rings (SSSR count). The number of nitrogens with one attached hydrogen (secondary N) is 4. The molecular weight excluding hydrogens is 1630 g/mol. The molecule has 8 heterocycles. The summed E-state index contributed by atoms with van der Waals surface area (Å²) in [5.41, 5.74) is 14.6. The number of rotatable bonds is 17. The highest BCUT2D eigenvalue weighted by atomic mass is 35.5. The van der Waals surface area contributed by atoms with E-state index in [-0.39, 0.29) is 70.4 Å². The van der Waals surface area contributed by atoms with Gasteiger partial charge in [-0.25, -0.2) is 51.1 Å². The number of hydrogen-bond donors (Lipinski definition) is 4. The highest BCUT2D eigenvalue weighted by molar-refractivity contribution is 6.31. The number of fused-ring (bicyclic) bond motifs is 8. The maximum Gasteiger partial charge on any atom is 0.337 e. The molecule has 0 bridgehead atoms. The van der Waals surface area contributed by atoms with Crippen LogP contribution in [0, 0.1) is 58.6 Å². The number of benzene rings is 8. The van der Waals surface area contributed by atoms with Gasteiger partial charge in [0.15, 0.2) is 0 Å². The monoisotopic (exact) mass is 1720 g/mol. The summed E-state index contributed by atoms with van der Waals surface area (Å²) in [7, 11) is 8.20. The second kappa shape index (κ2) is 37.7. The predicted molar refractivity (Wildman–Crippen MR) is 470 cm³/mol. The van der Waals surface area contributed by atoms with E-state index in [0.29, 0.717) is 74.4 Å². The Morgan fingerprint density at radius 3 is 0.935 bits per heavy atom. The molecule has 4 saturated carbocycles. The zero-order chi connectivity index (χ0) is 85.8. The quantitative estimate of drug-likeness (QED) is 0.0491. The van der Waals surface area contributed by atoms with Crippen LogP contribution in [0.5, 0.6) is 0 Å². The van der Waals surface area contributed by atoms with E-state index in [1.54, 1.807) is 101 Å². The molecule has 4 fully saturated rings. The van der Waals surface area contributed by atoms with Crippen molar-refractivity contribution in [2.75, 3.05) is 35.5 Å². The summed E-state index contributed by atoms with van der Waals surface area (Å²) in [6, 6.07) is 45.7. The second-order valence-electron chi connectivity index (χ2n) is 33.1. The van der Waals surface area contributed by atoms with Crippen LogP contribution in [0.25, 0.3) is 87.7 Å². The van der Waals surface area contributed by atoms with Crippen molar-refractivity contribution < 1.29 is 54.8 Å². The highest BCUT2D eigenvalue weighted by Crippen LogP contribution is 2.49. The Morgan fingerprint density at radius 2 is 0.605 bits per heavy atom. The Labute approximate surface area is 722 Å². The van der Waals surface area contributed by atoms with Gasteiger partial charge in [0.25, 0.3) is 0 Å². The summed E-state index contributed by atoms with van der Waals surface area (Å²) in [4.78, 5) is 61.2. The smallest absolute Gasteiger partial charge is 0.337 e. The van der Waals surface area contributed by atoms with Gasteiger partial charge < -0.3 is 43.6 Å². The van der Waals surface area contributed by atoms with Gasteiger partial charge in [-0.3, -0.25) is 19.9 Å². The summed E-state index contributed by atoms with van der Waals surface area (Å²) < 4.78 is 111. The van der Waals surface area contributed by atoms with Crippen molar-refractivity contribution in [3.8, 4) is 0 Å². The number of H-pyrrole nitrogens is 4. The number of ether oxygens (including phenoxy) is 5. The molecule has 0 spiro atoms. The number of hydrogen-bond acceptors (Lipinski definition) is 14. The highest BCUT2D eigenvalue weighted by Gasteiger charge is 2.37. The predicted octanol–water partition coefficient (Wildman–Crippen LogP) is 25.0. The van der Waals surface area contributed by atoms with E-state index in [4.69, 9.17) is 56.9 Å². The van der Waals surface area contributed by atoms with Crippen molar-refractivity contribution in [2.24, 2.45) is 23.7 Å². The van der Waals surface area contributed by atoms with Crippen LogP contribution < -0.4 is 0 Å². The minimum Gasteiger partial charge on any atom is -0.465 e. The van der Waals surface area contributed by atoms with Gasteiger partial charge in [0.2, 0.25) is 0 Å². The maximum atomic E-state index is 13.9. The minimum absolute atomic E-state index is 0.0565. The van der Waals surface area contributed by atoms with Crippen molar-refractivity contribution in [1.82, 2.24) is 59.8 Å². The van der Waals surface area contributed by atoms with Gasteiger partial charge in [-0.15, -0.1) is 0 Å². The van der Waals surface area contributed by atoms with Gasteiger partial charge >= 0.3 is 5.97 Å². The van der Waals surface area contributed by atoms with E-state index in [9.17, 15) is 31.1 Å². The zero-order valence-corrected chi connectivity index (χ0v) is 70.7. The van der Waals surface area contributed by atoms with Crippen LogP contribution in [-0.2, 0) is 23.7 Å². The molecule has 124 heavy (non-hydrogen) atoms. The third-order valence-electron chi connectivity index (χ3n) is 26.0. The van der Waals surface area contributed by atoms with E-state index in [1.165, 1.54) is 72.3 Å². The van der Waals surface area contributed by atoms with Gasteiger partial charge in [-0.05, 0) is 330 Å². The lowest BCUT2D eigenvalue weighted by molar-refractivity contribution is 0.0274. The normalized spacial score (nSPS) is 20.3. The van der Waals surface area contributed by atoms with E-state index >= 15 is 0 Å². The number of carbonyl (C=O) groups excluding carboxylic acids is 1. The Morgan fingerprint density at radius 1 is 0.323 bits per heavy atom. The van der Waals surface area contributed by atoms with Crippen LogP contribution in [0.3, 0.4) is 0 Å². The molecule has 4 N–H and O–H groups in total. The lowest BCUT2D eigenvalue weighted by atomic mass is 9.76. The average Bonchev–Trinajstić information content (AvgIpc) is 1.26. The van der Waals surface area contributed by atoms with Gasteiger partial charge in [0.1, 0.15) is 82.6 Å². The number of methoxy groups -OCH3 is 5. The standard InChI is InChI=1S/C26H26FN3O3.C24H22ClF2N3O.C24H23ClFN3O.C24H23F2N3O/c1-32-24(25-29-22-9-7-17(26(31)33-2)13-23(22)30-25)16-5-3-15(4-6-16)19-11-12-28-21-10-8-18(27)14-20(19)21;1-31-23(24-29-21-11-18(25)19(27)12-22(21)30-24)14-4-2-13(3-5-14)16-8-9-28-20-7-6-15(26)10-17(16)20;1-30-23(24-28-21-8-6-16(25)12-22(21)29-24)15-4-2-14(3-5-15)18-10-11-27-20-9-7-17(26)13-19(18)20;1-30-23(24-28-21-9-7-17(26)13-22(21)29-24)15-4-2-14(3-5-15)18-10-11-27-20-8-6-16(25)12-19(18)20/h7-16,24H,3-6H2,1-2H3,(H,29,30);6-14,23H,2-5H2,1H3,(H,29,30);2*6-15,23H,2-5H2,1H3,(H,28,29)/t15?,16?,24-;13?,14?,23-;2*14?,15?,23-/m1111/s1. The van der Waals surface area contributed by atoms with E-state index in [2.05, 4.69) is 49.8 Å². The number of halogens is 8. The molecule has 0 amide bonds. The third kappa shape index (κ3) is 18.3. The molecule has 0 unspecified atom stereocenters. The first-order valence-corrected chi connectivity index (χ1v) is 43.1. The molecule has 8 aromatic heterocycles. The molecule has 0 aliphatic heterocycles. The molecule has 0 radical (unpaired) electrons. The summed E-state index contributed by atoms with van der Waals surface area (Å²) in [6.07, 6.45) is 22.5. The first-order valence-electron chi connectivity index (χ1n) is 42.4. The number of imidazole rings is 4. The summed E-state index contributed by atoms with van der Waals surface area (Å²) in [5, 5.41) is 4.38. The lowest BCUT2D eigenvalue weighted by Gasteiger charge is -2.33. The number of esters is 1. The minimum atomic E-state index is -0.472. The van der Waals surface area contributed by atoms with Crippen LogP contribution in [0.1, 0.15) is 207 Å². The fourth-order valence-corrected chi connectivity index (χ4v) is 20.2. The fourth-order valence-electron chi connectivity index (χ4n) is 19.9. The fraction of sp³-hybridized carbons (Fsp3) is 0.337. The van der Waals surface area contributed by atoms with Crippen LogP contribution in [0.15, 0.2) is 189 Å². The van der Waals surface area contributed by atoms with Gasteiger partial charge in [0.05, 0.1) is 83.9 Å². The van der Waals surface area contributed by atoms with E-state index in [0.717, 1.165) is 197 Å². The van der Waals surface area contributed by atoms with E-state index < -0.39 is 5.82 Å². The molecule has 26 heteroatoms. The average molecular weight is 1720 g/mol. The van der Waals surface area contributed by atoms with Crippen molar-refractivity contribution in [1.29, 1.82) is 0 Å². The molecular formula is C98H94Cl2F6N12O6. The van der Waals surface area contributed by atoms with Crippen molar-refractivity contribution >= 4 is 117 Å². The van der Waals surface area contributed by atoms with Crippen LogP contribution in [-0.4, -0.2) is 101 Å². The second-order valence-corrected chi connectivity index (χ2v) is 34.0. The molecule has 16 aromatic rings. The number of aromatic amines is 4. The van der Waals surface area contributed by atoms with Crippen LogP contribution in [0.2, 0.25) is 10.0 Å². The number of pyridine rings is 4. The zero-order valence-electron chi connectivity index (χ0n) is 69.2. The number of carbonyl (C=O) groups is 1. The maximum absolute atomic E-state index is 13.9. The summed E-state index contributed by atoms with van der Waals surface area (Å²) in [5.74, 6) is 3.82. The lowest BCUT2D eigenvalue weighted by Crippen LogP contribution is -2.22.